The number of benzene rings is 1. The highest BCUT2D eigenvalue weighted by molar-refractivity contribution is 9.10. The van der Waals surface area contributed by atoms with Gasteiger partial charge in [0.15, 0.2) is 0 Å². The zero-order valence-corrected chi connectivity index (χ0v) is 13.0. The normalized spacial score (nSPS) is 11.7. The Labute approximate surface area is 117 Å². The highest BCUT2D eigenvalue weighted by Crippen LogP contribution is 2.26. The fourth-order valence-corrected chi connectivity index (χ4v) is 3.00. The van der Waals surface area contributed by atoms with Gasteiger partial charge in [0, 0.05) is 30.5 Å². The summed E-state index contributed by atoms with van der Waals surface area (Å²) in [5.41, 5.74) is 3.49. The van der Waals surface area contributed by atoms with E-state index in [1.807, 2.05) is 0 Å². The Kier molecular flexibility index (Phi) is 4.07. The highest BCUT2D eigenvalue weighted by atomic mass is 79.9. The summed E-state index contributed by atoms with van der Waals surface area (Å²) in [7, 11) is 2.08. The van der Waals surface area contributed by atoms with Gasteiger partial charge in [0.25, 0.3) is 0 Å². The Morgan fingerprint density at radius 1 is 1.39 bits per heavy atom. The topological polar surface area (TPSA) is 29.9 Å². The molecule has 98 valence electrons. The first-order chi connectivity index (χ1) is 8.49. The first kappa shape index (κ1) is 13.6. The van der Waals surface area contributed by atoms with Crippen molar-refractivity contribution < 1.29 is 0 Å². The third-order valence-corrected chi connectivity index (χ3v) is 3.67. The predicted octanol–water partition coefficient (Wildman–Crippen LogP) is 3.18. The quantitative estimate of drug-likeness (QED) is 0.940. The molecule has 2 aromatic rings. The third-order valence-electron chi connectivity index (χ3n) is 3.06. The molecular formula is C14H20BrN3. The molecule has 0 spiro atoms. The summed E-state index contributed by atoms with van der Waals surface area (Å²) in [5.74, 6) is 1.13. The Morgan fingerprint density at radius 3 is 2.78 bits per heavy atom. The average molecular weight is 310 g/mol. The number of aryl methyl sites for hydroxylation is 2. The van der Waals surface area contributed by atoms with E-state index in [9.17, 15) is 0 Å². The molecule has 1 aromatic carbocycles. The number of aromatic nitrogens is 2. The lowest BCUT2D eigenvalue weighted by Gasteiger charge is -2.07. The second-order valence-electron chi connectivity index (χ2n) is 5.06. The summed E-state index contributed by atoms with van der Waals surface area (Å²) in [6.45, 7) is 7.38. The van der Waals surface area contributed by atoms with Crippen molar-refractivity contribution in [2.24, 2.45) is 7.05 Å². The van der Waals surface area contributed by atoms with Crippen LogP contribution in [0, 0.1) is 6.92 Å². The average Bonchev–Trinajstić information content (AvgIpc) is 2.55. The van der Waals surface area contributed by atoms with Crippen LogP contribution in [0.2, 0.25) is 0 Å². The maximum Gasteiger partial charge on any atom is 0.110 e. The van der Waals surface area contributed by atoms with E-state index in [1.165, 1.54) is 11.1 Å². The van der Waals surface area contributed by atoms with Gasteiger partial charge in [0.1, 0.15) is 5.82 Å². The van der Waals surface area contributed by atoms with E-state index in [2.05, 4.69) is 65.8 Å². The Balaban J connectivity index is 2.30. The van der Waals surface area contributed by atoms with Gasteiger partial charge >= 0.3 is 0 Å². The number of hydrogen-bond acceptors (Lipinski definition) is 2. The minimum absolute atomic E-state index is 0.522. The van der Waals surface area contributed by atoms with Gasteiger partial charge in [-0.25, -0.2) is 4.98 Å². The van der Waals surface area contributed by atoms with E-state index in [0.29, 0.717) is 6.04 Å². The second kappa shape index (κ2) is 5.41. The van der Waals surface area contributed by atoms with Gasteiger partial charge < -0.3 is 9.88 Å². The summed E-state index contributed by atoms with van der Waals surface area (Å²) in [6.07, 6.45) is 0.953. The molecule has 0 radical (unpaired) electrons. The van der Waals surface area contributed by atoms with Crippen molar-refractivity contribution in [3.05, 3.63) is 28.0 Å². The first-order valence-electron chi connectivity index (χ1n) is 6.34. The van der Waals surface area contributed by atoms with E-state index < -0.39 is 0 Å². The van der Waals surface area contributed by atoms with Crippen molar-refractivity contribution in [1.82, 2.24) is 14.9 Å². The summed E-state index contributed by atoms with van der Waals surface area (Å²) in [4.78, 5) is 4.72. The molecule has 0 amide bonds. The number of imidazole rings is 1. The Bertz CT molecular complexity index is 558. The lowest BCUT2D eigenvalue weighted by molar-refractivity contribution is 0.578. The predicted molar refractivity (Wildman–Crippen MR) is 80.0 cm³/mol. The monoisotopic (exact) mass is 309 g/mol. The van der Waals surface area contributed by atoms with Crippen molar-refractivity contribution in [2.75, 3.05) is 6.54 Å². The Hall–Kier alpha value is -0.870. The number of halogens is 1. The minimum atomic E-state index is 0.522. The molecule has 0 bridgehead atoms. The lowest BCUT2D eigenvalue weighted by Crippen LogP contribution is -2.25. The molecule has 0 aliphatic rings. The molecule has 18 heavy (non-hydrogen) atoms. The molecule has 1 aromatic heterocycles. The minimum Gasteiger partial charge on any atom is -0.330 e. The molecule has 0 aliphatic carbocycles. The van der Waals surface area contributed by atoms with Crippen LogP contribution in [0.15, 0.2) is 16.6 Å². The third kappa shape index (κ3) is 2.75. The largest absolute Gasteiger partial charge is 0.330 e. The number of rotatable bonds is 4. The van der Waals surface area contributed by atoms with Crippen molar-refractivity contribution in [3.8, 4) is 0 Å². The van der Waals surface area contributed by atoms with E-state index in [4.69, 9.17) is 4.98 Å². The molecule has 0 atom stereocenters. The highest BCUT2D eigenvalue weighted by Gasteiger charge is 2.11. The first-order valence-corrected chi connectivity index (χ1v) is 7.13. The van der Waals surface area contributed by atoms with Crippen molar-refractivity contribution in [1.29, 1.82) is 0 Å². The van der Waals surface area contributed by atoms with E-state index in [0.717, 1.165) is 28.8 Å². The van der Waals surface area contributed by atoms with Crippen molar-refractivity contribution >= 4 is 27.0 Å². The standard InChI is InChI=1S/C14H20BrN3/c1-9(2)16-6-5-13-17-12-8-10(3)7-11(15)14(12)18(13)4/h7-9,16H,5-6H2,1-4H3. The fourth-order valence-electron chi connectivity index (χ4n) is 2.17. The van der Waals surface area contributed by atoms with Gasteiger partial charge in [-0.3, -0.25) is 0 Å². The molecule has 0 saturated carbocycles. The molecule has 1 N–H and O–H groups in total. The van der Waals surface area contributed by atoms with Gasteiger partial charge in [0.2, 0.25) is 0 Å². The van der Waals surface area contributed by atoms with Crippen LogP contribution in [0.1, 0.15) is 25.2 Å². The fraction of sp³-hybridized carbons (Fsp3) is 0.500. The van der Waals surface area contributed by atoms with Crippen LogP contribution in [0.5, 0.6) is 0 Å². The van der Waals surface area contributed by atoms with Gasteiger partial charge in [0.05, 0.1) is 11.0 Å². The van der Waals surface area contributed by atoms with Crippen LogP contribution >= 0.6 is 15.9 Å². The zero-order chi connectivity index (χ0) is 13.3. The van der Waals surface area contributed by atoms with Crippen molar-refractivity contribution in [2.45, 2.75) is 33.2 Å². The van der Waals surface area contributed by atoms with E-state index >= 15 is 0 Å². The number of hydrogen-bond donors (Lipinski definition) is 1. The molecule has 1 heterocycles. The van der Waals surface area contributed by atoms with Gasteiger partial charge in [-0.2, -0.15) is 0 Å². The van der Waals surface area contributed by atoms with Crippen LogP contribution in [-0.4, -0.2) is 22.1 Å². The summed E-state index contributed by atoms with van der Waals surface area (Å²) < 4.78 is 3.30. The number of fused-ring (bicyclic) bond motifs is 1. The summed E-state index contributed by atoms with van der Waals surface area (Å²) in [5, 5.41) is 3.43. The maximum absolute atomic E-state index is 4.72. The molecule has 2 rings (SSSR count). The number of nitrogens with zero attached hydrogens (tertiary/aromatic N) is 2. The Morgan fingerprint density at radius 2 is 2.11 bits per heavy atom. The van der Waals surface area contributed by atoms with E-state index in [1.54, 1.807) is 0 Å². The smallest absolute Gasteiger partial charge is 0.110 e. The van der Waals surface area contributed by atoms with Crippen LogP contribution < -0.4 is 5.32 Å². The molecule has 4 heteroatoms. The summed E-state index contributed by atoms with van der Waals surface area (Å²) >= 11 is 3.63. The lowest BCUT2D eigenvalue weighted by atomic mass is 10.2. The molecule has 0 aliphatic heterocycles. The van der Waals surface area contributed by atoms with E-state index in [-0.39, 0.29) is 0 Å². The SMILES string of the molecule is Cc1cc(Br)c2c(c1)nc(CCNC(C)C)n2C. The van der Waals surface area contributed by atoms with Crippen LogP contribution in [-0.2, 0) is 13.5 Å². The molecular weight excluding hydrogens is 290 g/mol. The molecule has 0 fully saturated rings. The van der Waals surface area contributed by atoms with Crippen LogP contribution in [0.3, 0.4) is 0 Å². The zero-order valence-electron chi connectivity index (χ0n) is 11.4. The summed E-state index contributed by atoms with van der Waals surface area (Å²) in [6, 6.07) is 4.80. The van der Waals surface area contributed by atoms with Crippen LogP contribution in [0.25, 0.3) is 11.0 Å². The molecule has 3 nitrogen and oxygen atoms in total. The van der Waals surface area contributed by atoms with Gasteiger partial charge in [-0.15, -0.1) is 0 Å². The number of nitrogens with one attached hydrogen (secondary N) is 1. The maximum atomic E-state index is 4.72. The second-order valence-corrected chi connectivity index (χ2v) is 5.91. The van der Waals surface area contributed by atoms with Crippen molar-refractivity contribution in [3.63, 3.8) is 0 Å². The van der Waals surface area contributed by atoms with Gasteiger partial charge in [-0.05, 0) is 40.5 Å². The molecule has 0 saturated heterocycles. The molecule has 0 unspecified atom stereocenters. The van der Waals surface area contributed by atoms with Crippen LogP contribution in [0.4, 0.5) is 0 Å². The van der Waals surface area contributed by atoms with Gasteiger partial charge in [-0.1, -0.05) is 13.8 Å².